The first-order chi connectivity index (χ1) is 16.5. The van der Waals surface area contributed by atoms with E-state index in [0.717, 1.165) is 18.2 Å². The molecule has 4 amide bonds. The van der Waals surface area contributed by atoms with Crippen LogP contribution in [0, 0.1) is 0 Å². The van der Waals surface area contributed by atoms with E-state index in [1.165, 1.54) is 17.0 Å². The second-order valence-electron chi connectivity index (χ2n) is 6.70. The normalized spacial score (nSPS) is 17.5. The van der Waals surface area contributed by atoms with Gasteiger partial charge >= 0.3 is 71.1 Å². The summed E-state index contributed by atoms with van der Waals surface area (Å²) < 4.78 is 43.7. The number of barbiturate groups is 1. The van der Waals surface area contributed by atoms with Crippen molar-refractivity contribution >= 4 is 51.7 Å². The molecule has 1 aromatic carbocycles. The number of aliphatic carboxylic acids is 1. The van der Waals surface area contributed by atoms with Crippen molar-refractivity contribution in [3.8, 4) is 5.75 Å². The molecule has 0 atom stereocenters. The molecule has 2 heterocycles. The third-order valence-electron chi connectivity index (χ3n) is 4.66. The van der Waals surface area contributed by atoms with Gasteiger partial charge in [-0.05, 0) is 37.3 Å². The minimum atomic E-state index is -4.74. The standard InChI is InChI=1S/C18H17N3O12S2.2Na/c1-2-19-12-7-10(35(28,29)30)3-5-13(12)31-14(19)6-4-11-16(24)20(8-15(22)23)18(26)21(17(11)25)9-34-33-32-27;;/h3-7,27H,2,8-9H2,1H3,(H,22,23)(H,28,29,30);;/q;2*+1/p-2. The Bertz CT molecular complexity index is 1250. The Kier molecular flexibility index (Phi) is 12.7. The van der Waals surface area contributed by atoms with Crippen molar-refractivity contribution in [2.24, 2.45) is 0 Å². The van der Waals surface area contributed by atoms with Crippen molar-refractivity contribution in [1.82, 2.24) is 9.80 Å². The fourth-order valence-electron chi connectivity index (χ4n) is 3.17. The second-order valence-corrected chi connectivity index (χ2v) is 8.71. The fraction of sp³-hybridized carbons (Fsp3) is 0.222. The third-order valence-corrected chi connectivity index (χ3v) is 6.01. The largest absolute Gasteiger partial charge is 1.00 e. The first-order valence-corrected chi connectivity index (χ1v) is 11.8. The molecule has 0 aliphatic carbocycles. The number of allylic oxidation sites excluding steroid dienone is 2. The molecule has 15 nitrogen and oxygen atoms in total. The maximum Gasteiger partial charge on any atom is 1.00 e. The molecule has 188 valence electrons. The second kappa shape index (κ2) is 14.1. The summed E-state index contributed by atoms with van der Waals surface area (Å²) in [4.78, 5) is 50.8. The Hall–Kier alpha value is -1.48. The molecule has 1 N–H and O–H groups in total. The number of anilines is 1. The molecule has 2 aliphatic heterocycles. The Balaban J connectivity index is 0.00000342. The van der Waals surface area contributed by atoms with Gasteiger partial charge in [-0.2, -0.15) is 4.33 Å². The molecule has 2 aliphatic rings. The van der Waals surface area contributed by atoms with Crippen LogP contribution in [0.4, 0.5) is 10.5 Å². The van der Waals surface area contributed by atoms with Crippen LogP contribution in [0.2, 0.25) is 0 Å². The van der Waals surface area contributed by atoms with E-state index in [-0.39, 0.29) is 95.0 Å². The summed E-state index contributed by atoms with van der Waals surface area (Å²) in [5.41, 5.74) is -0.369. The Labute approximate surface area is 258 Å². The smallest absolute Gasteiger partial charge is 0.744 e. The molecule has 1 saturated heterocycles. The van der Waals surface area contributed by atoms with Crippen LogP contribution in [0.5, 0.6) is 5.75 Å². The average molecular weight is 575 g/mol. The van der Waals surface area contributed by atoms with Crippen LogP contribution in [-0.4, -0.2) is 70.7 Å². The summed E-state index contributed by atoms with van der Waals surface area (Å²) in [5, 5.41) is 22.1. The summed E-state index contributed by atoms with van der Waals surface area (Å²) >= 11 is 0.248. The van der Waals surface area contributed by atoms with Gasteiger partial charge in [-0.3, -0.25) is 19.4 Å². The van der Waals surface area contributed by atoms with Crippen molar-refractivity contribution in [2.45, 2.75) is 11.8 Å². The number of ether oxygens (including phenoxy) is 1. The fourth-order valence-corrected chi connectivity index (χ4v) is 4.07. The minimum Gasteiger partial charge on any atom is -0.744 e. The van der Waals surface area contributed by atoms with E-state index in [2.05, 4.69) is 9.37 Å². The molecule has 3 rings (SSSR count). The number of carboxylic acids is 1. The summed E-state index contributed by atoms with van der Waals surface area (Å²) in [5.74, 6) is -4.20. The number of hydrogen-bond donors (Lipinski definition) is 1. The van der Waals surface area contributed by atoms with Crippen molar-refractivity contribution in [3.05, 3.63) is 41.8 Å². The number of fused-ring (bicyclic) bond motifs is 1. The summed E-state index contributed by atoms with van der Waals surface area (Å²) in [6.07, 6.45) is 2.17. The Morgan fingerprint density at radius 1 is 1.14 bits per heavy atom. The average Bonchev–Trinajstić information content (AvgIpc) is 3.14. The molecule has 37 heavy (non-hydrogen) atoms. The van der Waals surface area contributed by atoms with Crippen LogP contribution >= 0.6 is 12.0 Å². The predicted molar refractivity (Wildman–Crippen MR) is 110 cm³/mol. The van der Waals surface area contributed by atoms with Crippen LogP contribution in [0.1, 0.15) is 6.92 Å². The van der Waals surface area contributed by atoms with E-state index in [1.807, 2.05) is 0 Å². The van der Waals surface area contributed by atoms with Crippen molar-refractivity contribution in [1.29, 1.82) is 0 Å². The number of carboxylic acid groups (broad SMARTS) is 1. The van der Waals surface area contributed by atoms with E-state index in [0.29, 0.717) is 9.80 Å². The number of urea groups is 1. The molecule has 1 aromatic rings. The molecule has 1 fully saturated rings. The van der Waals surface area contributed by atoms with Crippen molar-refractivity contribution in [2.75, 3.05) is 23.9 Å². The summed E-state index contributed by atoms with van der Waals surface area (Å²) in [6, 6.07) is 2.18. The molecular weight excluding hydrogens is 560 g/mol. The topological polar surface area (TPSA) is 206 Å². The maximum atomic E-state index is 12.8. The maximum absolute atomic E-state index is 12.8. The van der Waals surface area contributed by atoms with Gasteiger partial charge in [0.25, 0.3) is 11.8 Å². The van der Waals surface area contributed by atoms with Crippen LogP contribution < -0.4 is 74.0 Å². The van der Waals surface area contributed by atoms with E-state index in [9.17, 15) is 37.4 Å². The number of rotatable bonds is 9. The molecule has 0 bridgehead atoms. The van der Waals surface area contributed by atoms with Gasteiger partial charge in [0.05, 0.1) is 22.6 Å². The van der Waals surface area contributed by atoms with Crippen molar-refractivity contribution in [3.63, 3.8) is 0 Å². The zero-order valence-corrected chi connectivity index (χ0v) is 25.2. The zero-order valence-electron chi connectivity index (χ0n) is 19.6. The number of amides is 4. The Morgan fingerprint density at radius 2 is 1.78 bits per heavy atom. The molecule has 0 spiro atoms. The minimum absolute atomic E-state index is 0. The number of carbonyl (C=O) groups excluding carboxylic acids is 3. The first kappa shape index (κ1) is 33.5. The number of carbonyl (C=O) groups is 4. The zero-order chi connectivity index (χ0) is 25.9. The SMILES string of the molecule is CCN1C(=CC=C2C(=O)N(CSOO[O-])C(=O)N(CC(=O)O)C2=O)Oc2ccc(S(=O)(=O)[O-])cc21.[Na+].[Na+]. The van der Waals surface area contributed by atoms with Crippen molar-refractivity contribution < 1.29 is 116 Å². The molecule has 19 heteroatoms. The molecule has 0 aromatic heterocycles. The molecular formula is C18H15N3Na2O12S2. The van der Waals surface area contributed by atoms with E-state index >= 15 is 0 Å². The van der Waals surface area contributed by atoms with Crippen LogP contribution in [-0.2, 0) is 33.9 Å². The van der Waals surface area contributed by atoms with Crippen LogP contribution in [0.3, 0.4) is 0 Å². The number of imide groups is 2. The summed E-state index contributed by atoms with van der Waals surface area (Å²) in [6.45, 7) is 0.860. The number of nitrogens with zero attached hydrogens (tertiary/aromatic N) is 3. The van der Waals surface area contributed by atoms with Gasteiger partial charge in [0.2, 0.25) is 5.88 Å². The number of hydrogen-bond acceptors (Lipinski definition) is 13. The predicted octanol–water partition coefficient (Wildman–Crippen LogP) is -6.71. The van der Waals surface area contributed by atoms with Gasteiger partial charge in [-0.15, -0.1) is 0 Å². The molecule has 0 radical (unpaired) electrons. The van der Waals surface area contributed by atoms with E-state index < -0.39 is 56.8 Å². The quantitative estimate of drug-likeness (QED) is 0.0425. The number of benzene rings is 1. The van der Waals surface area contributed by atoms with E-state index in [4.69, 9.17) is 9.84 Å². The Morgan fingerprint density at radius 3 is 2.35 bits per heavy atom. The van der Waals surface area contributed by atoms with Gasteiger partial charge in [-0.1, -0.05) is 0 Å². The third kappa shape index (κ3) is 7.55. The van der Waals surface area contributed by atoms with Gasteiger partial charge in [0.15, 0.2) is 5.75 Å². The van der Waals surface area contributed by atoms with Gasteiger partial charge < -0.3 is 24.6 Å². The first-order valence-electron chi connectivity index (χ1n) is 9.44. The van der Waals surface area contributed by atoms with Gasteiger partial charge in [0, 0.05) is 6.54 Å². The van der Waals surface area contributed by atoms with E-state index in [1.54, 1.807) is 6.92 Å². The molecule has 0 saturated carbocycles. The molecule has 0 unspecified atom stereocenters. The summed E-state index contributed by atoms with van der Waals surface area (Å²) in [7, 11) is -4.74. The van der Waals surface area contributed by atoms with Gasteiger partial charge in [0.1, 0.15) is 28.1 Å². The monoisotopic (exact) mass is 575 g/mol. The van der Waals surface area contributed by atoms with Crippen LogP contribution in [0.15, 0.2) is 46.7 Å². The van der Waals surface area contributed by atoms with Gasteiger partial charge in [-0.25, -0.2) is 23.0 Å². The van der Waals surface area contributed by atoms with Crippen LogP contribution in [0.25, 0.3) is 0 Å².